The summed E-state index contributed by atoms with van der Waals surface area (Å²) in [4.78, 5) is 48.4. The Morgan fingerprint density at radius 3 is 2.79 bits per heavy atom. The topological polar surface area (TPSA) is 204 Å². The van der Waals surface area contributed by atoms with Crippen molar-refractivity contribution in [2.24, 2.45) is 5.73 Å². The summed E-state index contributed by atoms with van der Waals surface area (Å²) in [5.74, 6) is -1.62. The number of thiazole rings is 1. The number of carbonyl (C=O) groups is 3. The third-order valence-electron chi connectivity index (χ3n) is 7.46. The van der Waals surface area contributed by atoms with Crippen molar-refractivity contribution < 1.29 is 27.5 Å². The first-order valence-corrected chi connectivity index (χ1v) is 16.1. The SMILES string of the molecule is CCOC(=O)CNC(=O)CC1CN(S(=O)(=O)c2cc3cc(C(=N)N)ccc3[nH]2)CCN1C(=O)c1nc2c(s1)CNC(C)C2. The largest absolute Gasteiger partial charge is 0.465 e. The molecule has 16 heteroatoms. The number of sulfonamides is 1. The number of nitrogens with zero attached hydrogens (tertiary/aromatic N) is 3. The van der Waals surface area contributed by atoms with Crippen molar-refractivity contribution in [1.29, 1.82) is 5.41 Å². The molecule has 1 aromatic carbocycles. The van der Waals surface area contributed by atoms with Crippen molar-refractivity contribution >= 4 is 55.9 Å². The molecule has 1 saturated heterocycles. The van der Waals surface area contributed by atoms with Gasteiger partial charge in [-0.05, 0) is 38.1 Å². The molecule has 14 nitrogen and oxygen atoms in total. The number of H-pyrrole nitrogens is 1. The third kappa shape index (κ3) is 6.56. The summed E-state index contributed by atoms with van der Waals surface area (Å²) >= 11 is 1.30. The second-order valence-corrected chi connectivity index (χ2v) is 13.5. The van der Waals surface area contributed by atoms with Gasteiger partial charge in [0, 0.05) is 66.4 Å². The molecule has 2 amide bonds. The van der Waals surface area contributed by atoms with Gasteiger partial charge in [-0.15, -0.1) is 11.3 Å². The van der Waals surface area contributed by atoms with Crippen LogP contribution in [0.4, 0.5) is 0 Å². The quantitative estimate of drug-likeness (QED) is 0.127. The molecule has 0 spiro atoms. The number of aromatic amines is 1. The van der Waals surface area contributed by atoms with E-state index in [0.29, 0.717) is 34.4 Å². The first kappa shape index (κ1) is 30.6. The molecule has 2 aliphatic heterocycles. The van der Waals surface area contributed by atoms with Crippen molar-refractivity contribution in [3.8, 4) is 0 Å². The van der Waals surface area contributed by atoms with Gasteiger partial charge in [0.05, 0.1) is 18.3 Å². The summed E-state index contributed by atoms with van der Waals surface area (Å²) in [5.41, 5.74) is 7.48. The predicted octanol–water partition coefficient (Wildman–Crippen LogP) is 0.527. The van der Waals surface area contributed by atoms with Gasteiger partial charge in [-0.1, -0.05) is 0 Å². The molecule has 230 valence electrons. The number of esters is 1. The molecule has 2 unspecified atom stereocenters. The molecule has 3 aromatic rings. The maximum absolute atomic E-state index is 13.7. The summed E-state index contributed by atoms with van der Waals surface area (Å²) in [5, 5.41) is 14.3. The fourth-order valence-electron chi connectivity index (χ4n) is 5.23. The molecular weight excluding hydrogens is 596 g/mol. The van der Waals surface area contributed by atoms with Crippen LogP contribution in [-0.2, 0) is 37.3 Å². The Morgan fingerprint density at radius 2 is 2.05 bits per heavy atom. The molecule has 0 bridgehead atoms. The van der Waals surface area contributed by atoms with E-state index in [2.05, 4.69) is 20.6 Å². The Balaban J connectivity index is 1.38. The molecular formula is C27H34N8O6S2. The second-order valence-electron chi connectivity index (χ2n) is 10.5. The fourth-order valence-corrected chi connectivity index (χ4v) is 7.71. The number of nitrogens with two attached hydrogens (primary N) is 1. The van der Waals surface area contributed by atoms with Crippen molar-refractivity contribution in [3.05, 3.63) is 45.4 Å². The molecule has 0 radical (unpaired) electrons. The van der Waals surface area contributed by atoms with Gasteiger partial charge < -0.3 is 31.0 Å². The van der Waals surface area contributed by atoms with Gasteiger partial charge in [0.2, 0.25) is 5.91 Å². The number of nitrogen functional groups attached to an aromatic ring is 1. The number of benzene rings is 1. The molecule has 0 saturated carbocycles. The van der Waals surface area contributed by atoms with Crippen LogP contribution in [0.3, 0.4) is 0 Å². The summed E-state index contributed by atoms with van der Waals surface area (Å²) < 4.78 is 33.6. The highest BCUT2D eigenvalue weighted by molar-refractivity contribution is 7.89. The molecule has 2 atom stereocenters. The number of amides is 2. The van der Waals surface area contributed by atoms with Gasteiger partial charge in [-0.3, -0.25) is 19.8 Å². The van der Waals surface area contributed by atoms with Crippen molar-refractivity contribution in [3.63, 3.8) is 0 Å². The molecule has 43 heavy (non-hydrogen) atoms. The number of carbonyl (C=O) groups excluding carboxylic acids is 3. The Morgan fingerprint density at radius 1 is 1.26 bits per heavy atom. The monoisotopic (exact) mass is 630 g/mol. The van der Waals surface area contributed by atoms with E-state index in [0.717, 1.165) is 10.6 Å². The predicted molar refractivity (Wildman–Crippen MR) is 159 cm³/mol. The lowest BCUT2D eigenvalue weighted by atomic mass is 10.1. The number of nitrogens with one attached hydrogen (secondary N) is 4. The number of hydrogen-bond donors (Lipinski definition) is 5. The van der Waals surface area contributed by atoms with E-state index in [9.17, 15) is 22.8 Å². The maximum Gasteiger partial charge on any atom is 0.325 e. The van der Waals surface area contributed by atoms with Gasteiger partial charge >= 0.3 is 5.97 Å². The van der Waals surface area contributed by atoms with Gasteiger partial charge in [0.25, 0.3) is 15.9 Å². The number of hydrogen-bond acceptors (Lipinski definition) is 10. The lowest BCUT2D eigenvalue weighted by molar-refractivity contribution is -0.143. The number of piperazine rings is 1. The van der Waals surface area contributed by atoms with Gasteiger partial charge in [0.1, 0.15) is 17.4 Å². The first-order valence-electron chi connectivity index (χ1n) is 13.9. The summed E-state index contributed by atoms with van der Waals surface area (Å²) in [7, 11) is -4.05. The molecule has 4 heterocycles. The highest BCUT2D eigenvalue weighted by Crippen LogP contribution is 2.28. The first-order chi connectivity index (χ1) is 20.5. The van der Waals surface area contributed by atoms with Crippen LogP contribution in [0, 0.1) is 5.41 Å². The summed E-state index contributed by atoms with van der Waals surface area (Å²) in [6.45, 7) is 4.06. The average molecular weight is 631 g/mol. The van der Waals surface area contributed by atoms with E-state index in [1.165, 1.54) is 26.6 Å². The standard InChI is InChI=1S/C27H34N8O6S2/c1-3-41-24(37)13-31-22(36)11-18-14-34(43(39,40)23-10-17-9-16(25(28)29)4-5-19(17)32-23)6-7-35(18)27(38)26-33-20-8-15(2)30-12-21(20)42-26/h4-5,9-10,15,18,30,32H,3,6-8,11-14H2,1-2H3,(H3,28,29)(H,31,36). The minimum absolute atomic E-state index is 0.00670. The Bertz CT molecular complexity index is 1680. The van der Waals surface area contributed by atoms with Gasteiger partial charge in [-0.25, -0.2) is 13.4 Å². The van der Waals surface area contributed by atoms with Crippen LogP contribution in [0.1, 0.15) is 46.2 Å². The molecule has 5 rings (SSSR count). The van der Waals surface area contributed by atoms with E-state index < -0.39 is 27.9 Å². The normalized spacial score (nSPS) is 19.2. The lowest BCUT2D eigenvalue weighted by Gasteiger charge is -2.40. The minimum Gasteiger partial charge on any atom is -0.465 e. The number of fused-ring (bicyclic) bond motifs is 2. The Labute approximate surface area is 252 Å². The smallest absolute Gasteiger partial charge is 0.325 e. The Kier molecular flexibility index (Phi) is 8.82. The van der Waals surface area contributed by atoms with Gasteiger partial charge in [-0.2, -0.15) is 4.31 Å². The zero-order valence-electron chi connectivity index (χ0n) is 23.8. The minimum atomic E-state index is -4.05. The summed E-state index contributed by atoms with van der Waals surface area (Å²) in [6.07, 6.45) is 0.471. The van der Waals surface area contributed by atoms with Crippen molar-refractivity contribution in [2.75, 3.05) is 32.8 Å². The zero-order chi connectivity index (χ0) is 30.9. The molecule has 6 N–H and O–H groups in total. The summed E-state index contributed by atoms with van der Waals surface area (Å²) in [6, 6.07) is 5.81. The van der Waals surface area contributed by atoms with Crippen LogP contribution in [0.25, 0.3) is 10.9 Å². The number of ether oxygens (including phenoxy) is 1. The molecule has 2 aromatic heterocycles. The second kappa shape index (κ2) is 12.4. The van der Waals surface area contributed by atoms with Crippen LogP contribution in [0.5, 0.6) is 0 Å². The molecule has 2 aliphatic rings. The third-order valence-corrected chi connectivity index (χ3v) is 10.3. The van der Waals surface area contributed by atoms with Crippen LogP contribution in [0.15, 0.2) is 29.3 Å². The van der Waals surface area contributed by atoms with Crippen LogP contribution >= 0.6 is 11.3 Å². The van der Waals surface area contributed by atoms with E-state index >= 15 is 0 Å². The highest BCUT2D eigenvalue weighted by Gasteiger charge is 2.39. The van der Waals surface area contributed by atoms with E-state index in [-0.39, 0.29) is 62.0 Å². The highest BCUT2D eigenvalue weighted by atomic mass is 32.2. The van der Waals surface area contributed by atoms with Crippen LogP contribution < -0.4 is 16.4 Å². The van der Waals surface area contributed by atoms with Crippen LogP contribution in [0.2, 0.25) is 0 Å². The van der Waals surface area contributed by atoms with Crippen molar-refractivity contribution in [1.82, 2.24) is 29.8 Å². The number of rotatable bonds is 9. The lowest BCUT2D eigenvalue weighted by Crippen LogP contribution is -2.57. The van der Waals surface area contributed by atoms with E-state index in [1.807, 2.05) is 6.92 Å². The van der Waals surface area contributed by atoms with Crippen LogP contribution in [-0.4, -0.2) is 96.1 Å². The number of aromatic nitrogens is 2. The fraction of sp³-hybridized carbons (Fsp3) is 0.444. The molecule has 0 aliphatic carbocycles. The van der Waals surface area contributed by atoms with E-state index in [4.69, 9.17) is 15.9 Å². The van der Waals surface area contributed by atoms with E-state index in [1.54, 1.807) is 25.1 Å². The zero-order valence-corrected chi connectivity index (χ0v) is 25.4. The Hall–Kier alpha value is -3.86. The maximum atomic E-state index is 13.7. The average Bonchev–Trinajstić information content (AvgIpc) is 3.60. The molecule has 1 fully saturated rings. The number of amidine groups is 1. The van der Waals surface area contributed by atoms with Crippen molar-refractivity contribution in [2.45, 2.75) is 50.3 Å². The van der Waals surface area contributed by atoms with Gasteiger partial charge in [0.15, 0.2) is 5.01 Å².